The summed E-state index contributed by atoms with van der Waals surface area (Å²) in [4.78, 5) is 11.8. The Hall–Kier alpha value is -0.870. The highest BCUT2D eigenvalue weighted by Crippen LogP contribution is 2.17. The Kier molecular flexibility index (Phi) is 4.96. The number of carbonyl (C=O) groups is 1. The molecule has 0 saturated heterocycles. The minimum absolute atomic E-state index is 0.00609. The Morgan fingerprint density at radius 3 is 2.69 bits per heavy atom. The van der Waals surface area contributed by atoms with E-state index in [4.69, 9.17) is 10.8 Å². The van der Waals surface area contributed by atoms with Gasteiger partial charge >= 0.3 is 0 Å². The van der Waals surface area contributed by atoms with E-state index in [1.807, 2.05) is 12.2 Å². The number of aliphatic hydroxyl groups is 1. The number of aliphatic hydroxyl groups excluding tert-OH is 1. The second-order valence-corrected chi connectivity index (χ2v) is 4.91. The van der Waals surface area contributed by atoms with Crippen LogP contribution in [0.3, 0.4) is 0 Å². The van der Waals surface area contributed by atoms with Crippen LogP contribution in [0.1, 0.15) is 26.7 Å². The van der Waals surface area contributed by atoms with Crippen LogP contribution in [0, 0.1) is 11.8 Å². The molecule has 4 nitrogen and oxygen atoms in total. The largest absolute Gasteiger partial charge is 0.394 e. The van der Waals surface area contributed by atoms with E-state index < -0.39 is 0 Å². The van der Waals surface area contributed by atoms with E-state index in [2.05, 4.69) is 19.2 Å². The van der Waals surface area contributed by atoms with Crippen LogP contribution in [-0.4, -0.2) is 29.7 Å². The standard InChI is InChI=1S/C12H22N2O2/c1-8(2)5-11(7-15)14-12(16)9-3-4-10(13)6-9/h3-4,8-11,15H,5-7,13H2,1-2H3,(H,14,16). The maximum atomic E-state index is 11.8. The first-order valence-electron chi connectivity index (χ1n) is 5.88. The van der Waals surface area contributed by atoms with Gasteiger partial charge in [0.2, 0.25) is 5.91 Å². The predicted molar refractivity (Wildman–Crippen MR) is 63.7 cm³/mol. The molecule has 0 aliphatic heterocycles. The first-order chi connectivity index (χ1) is 7.52. The lowest BCUT2D eigenvalue weighted by Crippen LogP contribution is -2.41. The first kappa shape index (κ1) is 13.2. The van der Waals surface area contributed by atoms with Gasteiger partial charge in [-0.3, -0.25) is 4.79 Å². The summed E-state index contributed by atoms with van der Waals surface area (Å²) in [6.07, 6.45) is 5.18. The van der Waals surface area contributed by atoms with E-state index in [9.17, 15) is 4.79 Å². The maximum absolute atomic E-state index is 11.8. The summed E-state index contributed by atoms with van der Waals surface area (Å²) in [6.45, 7) is 4.13. The van der Waals surface area contributed by atoms with Crippen molar-refractivity contribution in [3.8, 4) is 0 Å². The van der Waals surface area contributed by atoms with Crippen LogP contribution in [0.4, 0.5) is 0 Å². The van der Waals surface area contributed by atoms with Gasteiger partial charge in [-0.25, -0.2) is 0 Å². The van der Waals surface area contributed by atoms with Crippen molar-refractivity contribution in [2.75, 3.05) is 6.61 Å². The van der Waals surface area contributed by atoms with Gasteiger partial charge in [-0.2, -0.15) is 0 Å². The molecule has 0 spiro atoms. The lowest BCUT2D eigenvalue weighted by Gasteiger charge is -2.20. The topological polar surface area (TPSA) is 75.3 Å². The van der Waals surface area contributed by atoms with Crippen LogP contribution in [0.15, 0.2) is 12.2 Å². The number of amides is 1. The number of nitrogens with two attached hydrogens (primary N) is 1. The van der Waals surface area contributed by atoms with Gasteiger partial charge < -0.3 is 16.2 Å². The lowest BCUT2D eigenvalue weighted by molar-refractivity contribution is -0.124. The SMILES string of the molecule is CC(C)CC(CO)NC(=O)C1C=CC(N)C1. The van der Waals surface area contributed by atoms with Gasteiger partial charge in [0.15, 0.2) is 0 Å². The predicted octanol–water partition coefficient (Wildman–Crippen LogP) is 0.413. The van der Waals surface area contributed by atoms with E-state index in [-0.39, 0.29) is 30.5 Å². The Labute approximate surface area is 96.9 Å². The molecule has 0 fully saturated rings. The van der Waals surface area contributed by atoms with Gasteiger partial charge in [0, 0.05) is 6.04 Å². The van der Waals surface area contributed by atoms with Gasteiger partial charge in [-0.05, 0) is 18.8 Å². The molecule has 92 valence electrons. The average molecular weight is 226 g/mol. The Morgan fingerprint density at radius 2 is 2.25 bits per heavy atom. The smallest absolute Gasteiger partial charge is 0.227 e. The molecule has 3 unspecified atom stereocenters. The number of hydrogen-bond acceptors (Lipinski definition) is 3. The fourth-order valence-corrected chi connectivity index (χ4v) is 1.98. The number of rotatable bonds is 5. The third-order valence-corrected chi connectivity index (χ3v) is 2.78. The summed E-state index contributed by atoms with van der Waals surface area (Å²) in [5.41, 5.74) is 5.69. The van der Waals surface area contributed by atoms with Gasteiger partial charge in [-0.1, -0.05) is 26.0 Å². The fourth-order valence-electron chi connectivity index (χ4n) is 1.98. The summed E-state index contributed by atoms with van der Waals surface area (Å²) in [5, 5.41) is 12.0. The molecule has 1 aliphatic rings. The van der Waals surface area contributed by atoms with Gasteiger partial charge in [0.05, 0.1) is 18.6 Å². The number of hydrogen-bond donors (Lipinski definition) is 3. The molecule has 1 aliphatic carbocycles. The highest BCUT2D eigenvalue weighted by Gasteiger charge is 2.24. The van der Waals surface area contributed by atoms with E-state index in [0.29, 0.717) is 12.3 Å². The van der Waals surface area contributed by atoms with Crippen molar-refractivity contribution in [2.45, 2.75) is 38.8 Å². The minimum Gasteiger partial charge on any atom is -0.394 e. The summed E-state index contributed by atoms with van der Waals surface area (Å²) in [6, 6.07) is -0.147. The summed E-state index contributed by atoms with van der Waals surface area (Å²) >= 11 is 0. The molecule has 4 heteroatoms. The zero-order chi connectivity index (χ0) is 12.1. The van der Waals surface area contributed by atoms with Crippen molar-refractivity contribution >= 4 is 5.91 Å². The van der Waals surface area contributed by atoms with Crippen LogP contribution in [0.25, 0.3) is 0 Å². The average Bonchev–Trinajstić information content (AvgIpc) is 2.63. The normalized spacial score (nSPS) is 26.1. The molecule has 0 saturated carbocycles. The Bertz CT molecular complexity index is 264. The zero-order valence-corrected chi connectivity index (χ0v) is 10.0. The summed E-state index contributed by atoms with van der Waals surface area (Å²) in [7, 11) is 0. The molecule has 4 N–H and O–H groups in total. The Morgan fingerprint density at radius 1 is 1.56 bits per heavy atom. The zero-order valence-electron chi connectivity index (χ0n) is 10.0. The highest BCUT2D eigenvalue weighted by atomic mass is 16.3. The molecule has 3 atom stereocenters. The molecule has 0 aromatic rings. The molecular weight excluding hydrogens is 204 g/mol. The Balaban J connectivity index is 2.40. The highest BCUT2D eigenvalue weighted by molar-refractivity contribution is 5.81. The molecule has 0 radical (unpaired) electrons. The molecule has 0 heterocycles. The second kappa shape index (κ2) is 6.01. The van der Waals surface area contributed by atoms with Crippen LogP contribution < -0.4 is 11.1 Å². The van der Waals surface area contributed by atoms with Crippen molar-refractivity contribution in [2.24, 2.45) is 17.6 Å². The monoisotopic (exact) mass is 226 g/mol. The molecule has 0 bridgehead atoms. The van der Waals surface area contributed by atoms with Crippen LogP contribution in [0.2, 0.25) is 0 Å². The molecule has 0 aromatic heterocycles. The lowest BCUT2D eigenvalue weighted by atomic mass is 10.0. The number of nitrogens with one attached hydrogen (secondary N) is 1. The molecular formula is C12H22N2O2. The van der Waals surface area contributed by atoms with Crippen LogP contribution in [-0.2, 0) is 4.79 Å². The van der Waals surface area contributed by atoms with Crippen molar-refractivity contribution < 1.29 is 9.90 Å². The van der Waals surface area contributed by atoms with Crippen molar-refractivity contribution in [3.05, 3.63) is 12.2 Å². The molecule has 0 aromatic carbocycles. The molecule has 1 rings (SSSR count). The minimum atomic E-state index is -0.141. The molecule has 1 amide bonds. The third-order valence-electron chi connectivity index (χ3n) is 2.78. The van der Waals surface area contributed by atoms with Gasteiger partial charge in [0.25, 0.3) is 0 Å². The van der Waals surface area contributed by atoms with Crippen molar-refractivity contribution in [1.82, 2.24) is 5.32 Å². The van der Waals surface area contributed by atoms with E-state index in [1.54, 1.807) is 0 Å². The van der Waals surface area contributed by atoms with E-state index in [1.165, 1.54) is 0 Å². The summed E-state index contributed by atoms with van der Waals surface area (Å²) in [5.74, 6) is 0.305. The van der Waals surface area contributed by atoms with Gasteiger partial charge in [0.1, 0.15) is 0 Å². The van der Waals surface area contributed by atoms with Crippen molar-refractivity contribution in [3.63, 3.8) is 0 Å². The third kappa shape index (κ3) is 3.94. The fraction of sp³-hybridized carbons (Fsp3) is 0.750. The summed E-state index contributed by atoms with van der Waals surface area (Å²) < 4.78 is 0. The quantitative estimate of drug-likeness (QED) is 0.594. The van der Waals surface area contributed by atoms with Crippen molar-refractivity contribution in [1.29, 1.82) is 0 Å². The van der Waals surface area contributed by atoms with E-state index in [0.717, 1.165) is 6.42 Å². The van der Waals surface area contributed by atoms with Gasteiger partial charge in [-0.15, -0.1) is 0 Å². The van der Waals surface area contributed by atoms with Crippen LogP contribution >= 0.6 is 0 Å². The maximum Gasteiger partial charge on any atom is 0.227 e. The number of carbonyl (C=O) groups excluding carboxylic acids is 1. The van der Waals surface area contributed by atoms with Crippen LogP contribution in [0.5, 0.6) is 0 Å². The first-order valence-corrected chi connectivity index (χ1v) is 5.88. The van der Waals surface area contributed by atoms with E-state index >= 15 is 0 Å². The molecule has 16 heavy (non-hydrogen) atoms. The second-order valence-electron chi connectivity index (χ2n) is 4.91.